The van der Waals surface area contributed by atoms with Gasteiger partial charge >= 0.3 is 0 Å². The van der Waals surface area contributed by atoms with E-state index in [2.05, 4.69) is 5.32 Å². The Morgan fingerprint density at radius 1 is 1.16 bits per heavy atom. The number of halogens is 1. The van der Waals surface area contributed by atoms with Crippen molar-refractivity contribution in [3.05, 3.63) is 58.8 Å². The van der Waals surface area contributed by atoms with Crippen LogP contribution >= 0.6 is 11.8 Å². The van der Waals surface area contributed by atoms with Gasteiger partial charge < -0.3 is 14.8 Å². The maximum atomic E-state index is 13.0. The molecule has 1 aliphatic rings. The molecule has 1 heterocycles. The molecule has 32 heavy (non-hydrogen) atoms. The van der Waals surface area contributed by atoms with E-state index in [0.717, 1.165) is 16.7 Å². The number of carbonyl (C=O) groups excluding carboxylic acids is 3. The Morgan fingerprint density at radius 2 is 1.88 bits per heavy atom. The van der Waals surface area contributed by atoms with Crippen molar-refractivity contribution in [2.45, 2.75) is 26.9 Å². The topological polar surface area (TPSA) is 84.9 Å². The van der Waals surface area contributed by atoms with Gasteiger partial charge in [-0.25, -0.2) is 4.39 Å². The third-order valence-corrected chi connectivity index (χ3v) is 5.14. The Bertz CT molecular complexity index is 1050. The Morgan fingerprint density at radius 3 is 2.53 bits per heavy atom. The van der Waals surface area contributed by atoms with Gasteiger partial charge in [0.15, 0.2) is 11.5 Å². The summed E-state index contributed by atoms with van der Waals surface area (Å²) in [6.45, 7) is 5.67. The molecule has 0 bridgehead atoms. The van der Waals surface area contributed by atoms with Crippen molar-refractivity contribution in [3.8, 4) is 11.5 Å². The van der Waals surface area contributed by atoms with Crippen LogP contribution in [0.1, 0.15) is 26.3 Å². The van der Waals surface area contributed by atoms with Gasteiger partial charge in [-0.15, -0.1) is 0 Å². The SMILES string of the molecule is CCOc1cc(/C=C2\SC(=O)N(CC(=O)Nc3ccc(F)cc3)C2=O)ccc1OC(C)C. The summed E-state index contributed by atoms with van der Waals surface area (Å²) < 4.78 is 24.3. The van der Waals surface area contributed by atoms with Crippen LogP contribution in [-0.2, 0) is 9.59 Å². The lowest BCUT2D eigenvalue weighted by Gasteiger charge is -2.15. The smallest absolute Gasteiger partial charge is 0.294 e. The molecular formula is C23H23FN2O5S. The van der Waals surface area contributed by atoms with E-state index in [9.17, 15) is 18.8 Å². The molecule has 1 saturated heterocycles. The minimum Gasteiger partial charge on any atom is -0.490 e. The van der Waals surface area contributed by atoms with Crippen LogP contribution in [0.25, 0.3) is 6.08 Å². The Labute approximate surface area is 189 Å². The molecule has 2 aromatic rings. The number of ether oxygens (including phenoxy) is 2. The van der Waals surface area contributed by atoms with E-state index in [4.69, 9.17) is 9.47 Å². The van der Waals surface area contributed by atoms with Crippen LogP contribution in [0.3, 0.4) is 0 Å². The number of thioether (sulfide) groups is 1. The number of anilines is 1. The van der Waals surface area contributed by atoms with Crippen LogP contribution in [0, 0.1) is 5.82 Å². The van der Waals surface area contributed by atoms with E-state index >= 15 is 0 Å². The summed E-state index contributed by atoms with van der Waals surface area (Å²) in [5.41, 5.74) is 1.02. The number of benzene rings is 2. The van der Waals surface area contributed by atoms with Crippen molar-refractivity contribution in [2.24, 2.45) is 0 Å². The molecule has 0 aliphatic carbocycles. The quantitative estimate of drug-likeness (QED) is 0.578. The monoisotopic (exact) mass is 458 g/mol. The van der Waals surface area contributed by atoms with Gasteiger partial charge in [-0.05, 0) is 80.6 Å². The Hall–Kier alpha value is -3.33. The van der Waals surface area contributed by atoms with Crippen molar-refractivity contribution < 1.29 is 28.2 Å². The van der Waals surface area contributed by atoms with Crippen LogP contribution < -0.4 is 14.8 Å². The number of nitrogens with one attached hydrogen (secondary N) is 1. The first-order valence-electron chi connectivity index (χ1n) is 10.0. The van der Waals surface area contributed by atoms with E-state index < -0.39 is 29.4 Å². The maximum Gasteiger partial charge on any atom is 0.294 e. The maximum absolute atomic E-state index is 13.0. The van der Waals surface area contributed by atoms with Crippen LogP contribution in [0.4, 0.5) is 14.9 Å². The largest absolute Gasteiger partial charge is 0.490 e. The lowest BCUT2D eigenvalue weighted by molar-refractivity contribution is -0.127. The van der Waals surface area contributed by atoms with Crippen LogP contribution in [0.2, 0.25) is 0 Å². The highest BCUT2D eigenvalue weighted by Crippen LogP contribution is 2.35. The minimum absolute atomic E-state index is 0.0300. The molecule has 0 radical (unpaired) electrons. The van der Waals surface area contributed by atoms with Crippen LogP contribution in [0.15, 0.2) is 47.4 Å². The zero-order valence-corrected chi connectivity index (χ0v) is 18.7. The predicted octanol–water partition coefficient (Wildman–Crippen LogP) is 4.69. The number of imide groups is 1. The number of hydrogen-bond acceptors (Lipinski definition) is 6. The first kappa shape index (κ1) is 23.3. The number of amides is 3. The van der Waals surface area contributed by atoms with Crippen molar-refractivity contribution >= 4 is 40.6 Å². The zero-order chi connectivity index (χ0) is 23.3. The van der Waals surface area contributed by atoms with Gasteiger partial charge in [0.05, 0.1) is 17.6 Å². The van der Waals surface area contributed by atoms with E-state index in [-0.39, 0.29) is 11.0 Å². The molecule has 7 nitrogen and oxygen atoms in total. The summed E-state index contributed by atoms with van der Waals surface area (Å²) in [5, 5.41) is 1.99. The summed E-state index contributed by atoms with van der Waals surface area (Å²) in [6, 6.07) is 10.4. The van der Waals surface area contributed by atoms with Gasteiger partial charge in [0, 0.05) is 5.69 Å². The molecule has 1 N–H and O–H groups in total. The van der Waals surface area contributed by atoms with Gasteiger partial charge in [-0.3, -0.25) is 19.3 Å². The fourth-order valence-electron chi connectivity index (χ4n) is 2.90. The van der Waals surface area contributed by atoms with E-state index in [1.54, 1.807) is 24.3 Å². The zero-order valence-electron chi connectivity index (χ0n) is 17.9. The van der Waals surface area contributed by atoms with Crippen molar-refractivity contribution in [1.82, 2.24) is 4.90 Å². The van der Waals surface area contributed by atoms with Gasteiger partial charge in [0.1, 0.15) is 12.4 Å². The van der Waals surface area contributed by atoms with Crippen molar-refractivity contribution in [3.63, 3.8) is 0 Å². The average molecular weight is 459 g/mol. The summed E-state index contributed by atoms with van der Waals surface area (Å²) in [6.07, 6.45) is 1.54. The number of nitrogens with zero attached hydrogens (tertiary/aromatic N) is 1. The van der Waals surface area contributed by atoms with Gasteiger partial charge in [-0.1, -0.05) is 6.07 Å². The normalized spacial score (nSPS) is 14.9. The van der Waals surface area contributed by atoms with E-state index in [1.165, 1.54) is 24.3 Å². The Kier molecular flexibility index (Phi) is 7.53. The summed E-state index contributed by atoms with van der Waals surface area (Å²) >= 11 is 0.758. The minimum atomic E-state index is -0.561. The molecule has 0 aromatic heterocycles. The molecule has 168 valence electrons. The highest BCUT2D eigenvalue weighted by Gasteiger charge is 2.36. The molecule has 9 heteroatoms. The summed E-state index contributed by atoms with van der Waals surface area (Å²) in [7, 11) is 0. The van der Waals surface area contributed by atoms with Crippen LogP contribution in [0.5, 0.6) is 11.5 Å². The molecule has 1 fully saturated rings. The fourth-order valence-corrected chi connectivity index (χ4v) is 3.74. The second-order valence-electron chi connectivity index (χ2n) is 7.13. The predicted molar refractivity (Wildman–Crippen MR) is 121 cm³/mol. The molecule has 2 aromatic carbocycles. The third kappa shape index (κ3) is 5.88. The van der Waals surface area contributed by atoms with Gasteiger partial charge in [0.25, 0.3) is 11.1 Å². The molecular weight excluding hydrogens is 435 g/mol. The standard InChI is InChI=1S/C23H23FN2O5S/c1-4-30-19-11-15(5-10-18(19)31-14(2)3)12-20-22(28)26(23(29)32-20)13-21(27)25-17-8-6-16(24)7-9-17/h5-12,14H,4,13H2,1-3H3,(H,25,27)/b20-12-. The molecule has 3 rings (SSSR count). The number of carbonyl (C=O) groups is 3. The average Bonchev–Trinajstić information content (AvgIpc) is 2.99. The van der Waals surface area contributed by atoms with Crippen LogP contribution in [-0.4, -0.2) is 41.2 Å². The van der Waals surface area contributed by atoms with Gasteiger partial charge in [-0.2, -0.15) is 0 Å². The van der Waals surface area contributed by atoms with E-state index in [1.807, 2.05) is 20.8 Å². The van der Waals surface area contributed by atoms with E-state index in [0.29, 0.717) is 29.4 Å². The molecule has 0 spiro atoms. The summed E-state index contributed by atoms with van der Waals surface area (Å²) in [4.78, 5) is 38.3. The molecule has 0 atom stereocenters. The first-order chi connectivity index (χ1) is 15.3. The lowest BCUT2D eigenvalue weighted by Crippen LogP contribution is -2.36. The van der Waals surface area contributed by atoms with Gasteiger partial charge in [0.2, 0.25) is 5.91 Å². The first-order valence-corrected chi connectivity index (χ1v) is 10.8. The Balaban J connectivity index is 1.72. The number of hydrogen-bond donors (Lipinski definition) is 1. The van der Waals surface area contributed by atoms with Crippen molar-refractivity contribution in [2.75, 3.05) is 18.5 Å². The summed E-state index contributed by atoms with van der Waals surface area (Å²) in [5.74, 6) is -0.434. The lowest BCUT2D eigenvalue weighted by atomic mass is 10.1. The van der Waals surface area contributed by atoms with Crippen molar-refractivity contribution in [1.29, 1.82) is 0 Å². The molecule has 0 unspecified atom stereocenters. The second-order valence-corrected chi connectivity index (χ2v) is 8.12. The molecule has 1 aliphatic heterocycles. The second kappa shape index (κ2) is 10.3. The third-order valence-electron chi connectivity index (χ3n) is 4.23. The fraction of sp³-hybridized carbons (Fsp3) is 0.261. The highest BCUT2D eigenvalue weighted by atomic mass is 32.2. The molecule has 3 amide bonds. The number of rotatable bonds is 8. The molecule has 0 saturated carbocycles. The highest BCUT2D eigenvalue weighted by molar-refractivity contribution is 8.18.